The van der Waals surface area contributed by atoms with Gasteiger partial charge in [0, 0.05) is 29.1 Å². The number of amides is 1. The van der Waals surface area contributed by atoms with Crippen LogP contribution in [0.15, 0.2) is 76.2 Å². The number of benzene rings is 2. The molecule has 26 heavy (non-hydrogen) atoms. The van der Waals surface area contributed by atoms with Crippen LogP contribution in [0.5, 0.6) is 0 Å². The highest BCUT2D eigenvalue weighted by atomic mass is 32.2. The van der Waals surface area contributed by atoms with Gasteiger partial charge in [0.2, 0.25) is 0 Å². The second kappa shape index (κ2) is 10.3. The normalized spacial score (nSPS) is 10.9. The van der Waals surface area contributed by atoms with Gasteiger partial charge in [-0.05, 0) is 31.2 Å². The first-order chi connectivity index (χ1) is 12.7. The molecule has 0 atom stereocenters. The molecule has 0 heterocycles. The van der Waals surface area contributed by atoms with Gasteiger partial charge in [0.25, 0.3) is 5.91 Å². The lowest BCUT2D eigenvalue weighted by atomic mass is 10.2. The summed E-state index contributed by atoms with van der Waals surface area (Å²) in [6.45, 7) is 2.82. The Balaban J connectivity index is 2.18. The van der Waals surface area contributed by atoms with Crippen LogP contribution >= 0.6 is 11.8 Å². The second-order valence-electron chi connectivity index (χ2n) is 5.37. The third-order valence-electron chi connectivity index (χ3n) is 3.58. The Labute approximate surface area is 157 Å². The number of likely N-dealkylation sites (N-methyl/N-ethyl adjacent to an activating group) is 1. The number of hydrogen-bond donors (Lipinski definition) is 2. The van der Waals surface area contributed by atoms with Gasteiger partial charge < -0.3 is 15.3 Å². The number of para-hydroxylation sites is 1. The van der Waals surface area contributed by atoms with Crippen LogP contribution in [0.25, 0.3) is 0 Å². The van der Waals surface area contributed by atoms with Gasteiger partial charge in [0.15, 0.2) is 0 Å². The van der Waals surface area contributed by atoms with E-state index in [2.05, 4.69) is 5.32 Å². The lowest BCUT2D eigenvalue weighted by Crippen LogP contribution is -2.23. The monoisotopic (exact) mass is 367 g/mol. The van der Waals surface area contributed by atoms with Crippen molar-refractivity contribution >= 4 is 23.4 Å². The summed E-state index contributed by atoms with van der Waals surface area (Å²) in [5.41, 5.74) is 0.650. The molecule has 6 heteroatoms. The number of nitrogens with one attached hydrogen (secondary N) is 1. The molecule has 0 radical (unpaired) electrons. The van der Waals surface area contributed by atoms with Crippen LogP contribution in [0.2, 0.25) is 0 Å². The van der Waals surface area contributed by atoms with Crippen molar-refractivity contribution in [2.24, 2.45) is 0 Å². The average molecular weight is 367 g/mol. The van der Waals surface area contributed by atoms with E-state index in [0.29, 0.717) is 18.8 Å². The van der Waals surface area contributed by atoms with E-state index >= 15 is 0 Å². The maximum atomic E-state index is 12.5. The third-order valence-corrected chi connectivity index (χ3v) is 4.66. The molecule has 5 nitrogen and oxygen atoms in total. The molecular formula is C20H21N3O2S. The van der Waals surface area contributed by atoms with Gasteiger partial charge in [-0.1, -0.05) is 42.1 Å². The van der Waals surface area contributed by atoms with Gasteiger partial charge in [0.05, 0.1) is 12.3 Å². The van der Waals surface area contributed by atoms with Crippen LogP contribution in [-0.2, 0) is 4.79 Å². The van der Waals surface area contributed by atoms with Gasteiger partial charge in [-0.3, -0.25) is 4.79 Å². The molecule has 0 aliphatic heterocycles. The fourth-order valence-electron chi connectivity index (χ4n) is 2.23. The van der Waals surface area contributed by atoms with Crippen molar-refractivity contribution in [3.8, 4) is 6.07 Å². The van der Waals surface area contributed by atoms with Crippen molar-refractivity contribution in [3.63, 3.8) is 0 Å². The molecule has 0 aromatic heterocycles. The summed E-state index contributed by atoms with van der Waals surface area (Å²) >= 11 is 1.54. The number of aliphatic hydroxyl groups is 1. The number of carbonyl (C=O) groups excluding carboxylic acids is 1. The molecule has 1 amide bonds. The number of anilines is 1. The van der Waals surface area contributed by atoms with Gasteiger partial charge >= 0.3 is 0 Å². The Kier molecular flexibility index (Phi) is 7.75. The van der Waals surface area contributed by atoms with Crippen molar-refractivity contribution < 1.29 is 9.90 Å². The van der Waals surface area contributed by atoms with E-state index in [1.807, 2.05) is 67.6 Å². The summed E-state index contributed by atoms with van der Waals surface area (Å²) in [4.78, 5) is 16.2. The van der Waals surface area contributed by atoms with Crippen LogP contribution in [-0.4, -0.2) is 35.6 Å². The zero-order chi connectivity index (χ0) is 18.8. The van der Waals surface area contributed by atoms with E-state index < -0.39 is 5.91 Å². The Morgan fingerprint density at radius 2 is 1.92 bits per heavy atom. The van der Waals surface area contributed by atoms with Crippen LogP contribution in [0, 0.1) is 11.3 Å². The van der Waals surface area contributed by atoms with E-state index in [-0.39, 0.29) is 12.2 Å². The van der Waals surface area contributed by atoms with Crippen molar-refractivity contribution in [1.82, 2.24) is 4.90 Å². The Morgan fingerprint density at radius 3 is 2.58 bits per heavy atom. The van der Waals surface area contributed by atoms with Crippen molar-refractivity contribution in [2.45, 2.75) is 16.7 Å². The van der Waals surface area contributed by atoms with Crippen molar-refractivity contribution in [1.29, 1.82) is 5.26 Å². The molecule has 0 unspecified atom stereocenters. The minimum Gasteiger partial charge on any atom is -0.395 e. The quantitative estimate of drug-likeness (QED) is 0.552. The zero-order valence-electron chi connectivity index (χ0n) is 14.6. The highest BCUT2D eigenvalue weighted by molar-refractivity contribution is 7.99. The predicted molar refractivity (Wildman–Crippen MR) is 104 cm³/mol. The lowest BCUT2D eigenvalue weighted by molar-refractivity contribution is -0.112. The fourth-order valence-corrected chi connectivity index (χ4v) is 3.15. The molecule has 2 aromatic carbocycles. The minimum atomic E-state index is -0.468. The first-order valence-corrected chi connectivity index (χ1v) is 9.09. The summed E-state index contributed by atoms with van der Waals surface area (Å²) in [6.07, 6.45) is 1.48. The van der Waals surface area contributed by atoms with Crippen LogP contribution in [0.3, 0.4) is 0 Å². The molecular weight excluding hydrogens is 346 g/mol. The first kappa shape index (κ1) is 19.6. The molecule has 0 bridgehead atoms. The average Bonchev–Trinajstić information content (AvgIpc) is 2.67. The lowest BCUT2D eigenvalue weighted by Gasteiger charge is -2.17. The summed E-state index contributed by atoms with van der Waals surface area (Å²) in [6, 6.07) is 19.3. The highest BCUT2D eigenvalue weighted by Crippen LogP contribution is 2.33. The summed E-state index contributed by atoms with van der Waals surface area (Å²) in [5, 5.41) is 21.2. The van der Waals surface area contributed by atoms with E-state index in [4.69, 9.17) is 5.11 Å². The number of carbonyl (C=O) groups is 1. The highest BCUT2D eigenvalue weighted by Gasteiger charge is 2.13. The van der Waals surface area contributed by atoms with Crippen LogP contribution in [0.1, 0.15) is 6.92 Å². The summed E-state index contributed by atoms with van der Waals surface area (Å²) < 4.78 is 0. The number of nitriles is 1. The smallest absolute Gasteiger partial charge is 0.267 e. The molecule has 2 N–H and O–H groups in total. The van der Waals surface area contributed by atoms with Crippen LogP contribution in [0.4, 0.5) is 5.69 Å². The molecule has 0 fully saturated rings. The number of nitrogens with zero attached hydrogens (tertiary/aromatic N) is 2. The molecule has 0 aliphatic carbocycles. The Hall–Kier alpha value is -2.75. The molecule has 134 valence electrons. The third kappa shape index (κ3) is 5.66. The van der Waals surface area contributed by atoms with Gasteiger partial charge in [-0.15, -0.1) is 0 Å². The number of rotatable bonds is 8. The number of hydrogen-bond acceptors (Lipinski definition) is 5. The minimum absolute atomic E-state index is 0.000172. The molecule has 0 saturated heterocycles. The molecule has 0 saturated carbocycles. The maximum Gasteiger partial charge on any atom is 0.267 e. The van der Waals surface area contributed by atoms with E-state index in [1.165, 1.54) is 6.20 Å². The first-order valence-electron chi connectivity index (χ1n) is 8.28. The van der Waals surface area contributed by atoms with E-state index in [0.717, 1.165) is 9.79 Å². The zero-order valence-corrected chi connectivity index (χ0v) is 15.4. The van der Waals surface area contributed by atoms with Crippen molar-refractivity contribution in [3.05, 3.63) is 66.4 Å². The molecule has 2 rings (SSSR count). The molecule has 0 aliphatic rings. The van der Waals surface area contributed by atoms with Gasteiger partial charge in [-0.2, -0.15) is 5.26 Å². The van der Waals surface area contributed by atoms with Crippen LogP contribution < -0.4 is 5.32 Å². The summed E-state index contributed by atoms with van der Waals surface area (Å²) in [7, 11) is 0. The largest absolute Gasteiger partial charge is 0.395 e. The van der Waals surface area contributed by atoms with Gasteiger partial charge in [0.1, 0.15) is 11.6 Å². The Morgan fingerprint density at radius 1 is 1.23 bits per heavy atom. The van der Waals surface area contributed by atoms with E-state index in [9.17, 15) is 10.1 Å². The predicted octanol–water partition coefficient (Wildman–Crippen LogP) is 3.50. The maximum absolute atomic E-state index is 12.5. The molecule has 2 aromatic rings. The summed E-state index contributed by atoms with van der Waals surface area (Å²) in [5.74, 6) is -0.468. The standard InChI is InChI=1S/C20H21N3O2S/c1-2-23(12-13-24)15-16(14-21)20(25)22-18-10-6-7-11-19(18)26-17-8-4-3-5-9-17/h3-11,15,24H,2,12-13H2,1H3,(H,22,25)/b16-15-. The fraction of sp³-hybridized carbons (Fsp3) is 0.200. The SMILES string of the molecule is CCN(/C=C(/C#N)C(=O)Nc1ccccc1Sc1ccccc1)CCO. The second-order valence-corrected chi connectivity index (χ2v) is 6.49. The van der Waals surface area contributed by atoms with Gasteiger partial charge in [-0.25, -0.2) is 0 Å². The number of aliphatic hydroxyl groups excluding tert-OH is 1. The van der Waals surface area contributed by atoms with E-state index in [1.54, 1.807) is 16.7 Å². The topological polar surface area (TPSA) is 76.4 Å². The Bertz CT molecular complexity index is 800. The van der Waals surface area contributed by atoms with Crippen molar-refractivity contribution in [2.75, 3.05) is 25.0 Å². The molecule has 0 spiro atoms.